The number of ether oxygens (including phenoxy) is 1. The summed E-state index contributed by atoms with van der Waals surface area (Å²) < 4.78 is 6.48. The average molecular weight is 564 g/mol. The molecule has 1 aliphatic carbocycles. The summed E-state index contributed by atoms with van der Waals surface area (Å²) >= 11 is 0. The van der Waals surface area contributed by atoms with Crippen LogP contribution in [0.4, 0.5) is 0 Å². The Morgan fingerprint density at radius 1 is 0.409 bits per heavy atom. The van der Waals surface area contributed by atoms with Crippen molar-refractivity contribution in [1.82, 2.24) is 15.2 Å². The number of rotatable bonds is 3. The molecule has 1 aliphatic heterocycles. The van der Waals surface area contributed by atoms with E-state index in [1.165, 1.54) is 22.3 Å². The highest BCUT2D eigenvalue weighted by atomic mass is 16.5. The normalized spacial score (nSPS) is 13.4. The molecule has 206 valence electrons. The minimum Gasteiger partial charge on any atom is -0.457 e. The molecule has 0 N–H and O–H groups in total. The molecule has 0 amide bonds. The van der Waals surface area contributed by atoms with Gasteiger partial charge >= 0.3 is 0 Å². The molecular formula is C40H25N3O. The molecule has 4 nitrogen and oxygen atoms in total. The molecule has 2 heterocycles. The number of benzene rings is 6. The van der Waals surface area contributed by atoms with E-state index in [4.69, 9.17) is 14.8 Å². The summed E-state index contributed by atoms with van der Waals surface area (Å²) in [6.45, 7) is 0. The van der Waals surface area contributed by atoms with Gasteiger partial charge in [0.25, 0.3) is 0 Å². The number of hydrogen-bond donors (Lipinski definition) is 0. The van der Waals surface area contributed by atoms with Gasteiger partial charge in [-0.2, -0.15) is 0 Å². The van der Waals surface area contributed by atoms with Gasteiger partial charge in [0.1, 0.15) is 22.9 Å². The lowest BCUT2D eigenvalue weighted by molar-refractivity contribution is 0.436. The number of para-hydroxylation sites is 2. The number of nitrogens with zero attached hydrogens (tertiary/aromatic N) is 3. The highest BCUT2D eigenvalue weighted by Gasteiger charge is 2.50. The molecule has 0 bridgehead atoms. The fourth-order valence-corrected chi connectivity index (χ4v) is 7.03. The maximum atomic E-state index is 6.48. The van der Waals surface area contributed by atoms with Gasteiger partial charge in [-0.05, 0) is 40.5 Å². The highest BCUT2D eigenvalue weighted by molar-refractivity contribution is 5.91. The Labute approximate surface area is 255 Å². The van der Waals surface area contributed by atoms with Gasteiger partial charge in [0.2, 0.25) is 0 Å². The van der Waals surface area contributed by atoms with Gasteiger partial charge in [-0.25, -0.2) is 4.98 Å². The molecule has 0 atom stereocenters. The van der Waals surface area contributed by atoms with Crippen LogP contribution >= 0.6 is 0 Å². The van der Waals surface area contributed by atoms with Crippen molar-refractivity contribution in [2.24, 2.45) is 0 Å². The topological polar surface area (TPSA) is 47.9 Å². The summed E-state index contributed by atoms with van der Waals surface area (Å²) in [6.07, 6.45) is 0. The second kappa shape index (κ2) is 9.58. The van der Waals surface area contributed by atoms with Crippen LogP contribution < -0.4 is 4.74 Å². The first-order valence-corrected chi connectivity index (χ1v) is 14.8. The Kier molecular flexibility index (Phi) is 5.38. The third-order valence-electron chi connectivity index (χ3n) is 8.89. The fraction of sp³-hybridized carbons (Fsp3) is 0.0250. The number of fused-ring (bicyclic) bond motifs is 9. The van der Waals surface area contributed by atoms with Gasteiger partial charge in [0.05, 0.1) is 5.41 Å². The van der Waals surface area contributed by atoms with Crippen LogP contribution in [0, 0.1) is 0 Å². The van der Waals surface area contributed by atoms with E-state index in [0.717, 1.165) is 50.7 Å². The first-order chi connectivity index (χ1) is 21.8. The van der Waals surface area contributed by atoms with Crippen LogP contribution in [-0.4, -0.2) is 15.2 Å². The summed E-state index contributed by atoms with van der Waals surface area (Å²) in [6, 6.07) is 52.6. The second-order valence-corrected chi connectivity index (χ2v) is 11.2. The average Bonchev–Trinajstić information content (AvgIpc) is 3.39. The Bertz CT molecular complexity index is 2160. The lowest BCUT2D eigenvalue weighted by atomic mass is 9.66. The van der Waals surface area contributed by atoms with E-state index in [0.29, 0.717) is 5.82 Å². The zero-order valence-electron chi connectivity index (χ0n) is 23.7. The maximum Gasteiger partial charge on any atom is 0.182 e. The molecule has 1 spiro atoms. The van der Waals surface area contributed by atoms with Crippen molar-refractivity contribution in [3.8, 4) is 56.5 Å². The number of hydrogen-bond acceptors (Lipinski definition) is 4. The molecule has 0 unspecified atom stereocenters. The predicted molar refractivity (Wildman–Crippen MR) is 174 cm³/mol. The van der Waals surface area contributed by atoms with Gasteiger partial charge in [-0.15, -0.1) is 10.2 Å². The van der Waals surface area contributed by atoms with E-state index in [9.17, 15) is 0 Å². The molecule has 0 saturated heterocycles. The van der Waals surface area contributed by atoms with Crippen molar-refractivity contribution in [1.29, 1.82) is 0 Å². The van der Waals surface area contributed by atoms with Crippen molar-refractivity contribution in [2.75, 3.05) is 0 Å². The monoisotopic (exact) mass is 563 g/mol. The van der Waals surface area contributed by atoms with Crippen LogP contribution in [0.25, 0.3) is 45.0 Å². The summed E-state index contributed by atoms with van der Waals surface area (Å²) in [4.78, 5) is 5.15. The van der Waals surface area contributed by atoms with E-state index < -0.39 is 5.41 Å². The van der Waals surface area contributed by atoms with Crippen molar-refractivity contribution in [2.45, 2.75) is 5.41 Å². The van der Waals surface area contributed by atoms with Crippen LogP contribution in [0.15, 0.2) is 152 Å². The van der Waals surface area contributed by atoms with Crippen LogP contribution in [0.5, 0.6) is 11.5 Å². The van der Waals surface area contributed by atoms with Crippen molar-refractivity contribution in [3.63, 3.8) is 0 Å². The fourth-order valence-electron chi connectivity index (χ4n) is 7.03. The van der Waals surface area contributed by atoms with Crippen molar-refractivity contribution < 1.29 is 4.74 Å². The van der Waals surface area contributed by atoms with Crippen LogP contribution in [-0.2, 0) is 5.41 Å². The molecule has 9 rings (SSSR count). The van der Waals surface area contributed by atoms with Crippen molar-refractivity contribution in [3.05, 3.63) is 174 Å². The summed E-state index contributed by atoms with van der Waals surface area (Å²) in [7, 11) is 0. The smallest absolute Gasteiger partial charge is 0.182 e. The molecule has 2 aliphatic rings. The zero-order chi connectivity index (χ0) is 29.1. The van der Waals surface area contributed by atoms with E-state index >= 15 is 0 Å². The molecule has 44 heavy (non-hydrogen) atoms. The third kappa shape index (κ3) is 3.48. The van der Waals surface area contributed by atoms with Crippen LogP contribution in [0.1, 0.15) is 22.3 Å². The molecule has 1 aromatic heterocycles. The minimum absolute atomic E-state index is 0.503. The van der Waals surface area contributed by atoms with Crippen molar-refractivity contribution >= 4 is 0 Å². The minimum atomic E-state index is -0.503. The quantitative estimate of drug-likeness (QED) is 0.215. The lowest BCUT2D eigenvalue weighted by Crippen LogP contribution is -2.32. The molecular weight excluding hydrogens is 538 g/mol. The number of aromatic nitrogens is 3. The Balaban J connectivity index is 1.32. The Morgan fingerprint density at radius 3 is 1.68 bits per heavy atom. The van der Waals surface area contributed by atoms with E-state index in [1.807, 2.05) is 60.7 Å². The third-order valence-corrected chi connectivity index (χ3v) is 8.89. The Hall–Kier alpha value is -5.87. The first kappa shape index (κ1) is 24.7. The SMILES string of the molecule is c1ccc(-c2nnc(-c3ccccc3)c(-c3ccc4c(c3)-c3ccccc3C43c4ccccc4Oc4ccccc43)n2)cc1. The summed E-state index contributed by atoms with van der Waals surface area (Å²) in [5, 5.41) is 9.32. The molecule has 6 aromatic carbocycles. The van der Waals surface area contributed by atoms with E-state index in [1.54, 1.807) is 0 Å². The predicted octanol–water partition coefficient (Wildman–Crippen LogP) is 9.34. The summed E-state index contributed by atoms with van der Waals surface area (Å²) in [5.74, 6) is 2.37. The van der Waals surface area contributed by atoms with Crippen LogP contribution in [0.3, 0.4) is 0 Å². The summed E-state index contributed by atoms with van der Waals surface area (Å²) in [5.41, 5.74) is 11.1. The van der Waals surface area contributed by atoms with Gasteiger partial charge in [0, 0.05) is 27.8 Å². The van der Waals surface area contributed by atoms with Gasteiger partial charge in [-0.1, -0.05) is 133 Å². The molecule has 4 heteroatoms. The maximum absolute atomic E-state index is 6.48. The molecule has 0 radical (unpaired) electrons. The van der Waals surface area contributed by atoms with Gasteiger partial charge < -0.3 is 4.74 Å². The molecule has 0 fully saturated rings. The molecule has 7 aromatic rings. The van der Waals surface area contributed by atoms with E-state index in [2.05, 4.69) is 96.1 Å². The first-order valence-electron chi connectivity index (χ1n) is 14.8. The van der Waals surface area contributed by atoms with Crippen LogP contribution in [0.2, 0.25) is 0 Å². The second-order valence-electron chi connectivity index (χ2n) is 11.2. The standard InChI is InChI=1S/C40H25N3O/c1-3-13-26(14-4-1)38-37(41-39(43-42-38)27-15-5-2-6-16-27)28-23-24-32-30(25-28)29-17-7-8-18-31(29)40(32)33-19-9-11-21-35(33)44-36-22-12-10-20-34(36)40/h1-25H. The van der Waals surface area contributed by atoms with Gasteiger partial charge in [0.15, 0.2) is 5.82 Å². The lowest BCUT2D eigenvalue weighted by Gasteiger charge is -2.39. The highest BCUT2D eigenvalue weighted by Crippen LogP contribution is 2.62. The zero-order valence-corrected chi connectivity index (χ0v) is 23.7. The largest absolute Gasteiger partial charge is 0.457 e. The van der Waals surface area contributed by atoms with E-state index in [-0.39, 0.29) is 0 Å². The molecule has 0 saturated carbocycles. The Morgan fingerprint density at radius 2 is 0.977 bits per heavy atom. The van der Waals surface area contributed by atoms with Gasteiger partial charge in [-0.3, -0.25) is 0 Å².